The molecular formula is C41H63N5O11S. The lowest BCUT2D eigenvalue weighted by Crippen LogP contribution is -2.60. The number of Topliss-reactive ketones (excluding diaryl/α,β-unsaturated/α-hetero) is 1. The van der Waals surface area contributed by atoms with Crippen molar-refractivity contribution in [1.82, 2.24) is 14.9 Å². The number of esters is 1. The molecule has 3 aliphatic rings. The first-order valence-corrected chi connectivity index (χ1v) is 21.1. The third-order valence-corrected chi connectivity index (χ3v) is 12.9. The summed E-state index contributed by atoms with van der Waals surface area (Å²) in [5, 5.41) is 42.8. The molecule has 3 aliphatic heterocycles. The van der Waals surface area contributed by atoms with Crippen LogP contribution in [0.4, 0.5) is 5.82 Å². The van der Waals surface area contributed by atoms with E-state index in [1.165, 1.54) is 25.2 Å². The Morgan fingerprint density at radius 1 is 1.07 bits per heavy atom. The van der Waals surface area contributed by atoms with Gasteiger partial charge in [0.2, 0.25) is 0 Å². The van der Waals surface area contributed by atoms with Crippen LogP contribution < -0.4 is 5.73 Å². The van der Waals surface area contributed by atoms with Crippen LogP contribution in [0, 0.1) is 23.7 Å². The number of pyridine rings is 1. The van der Waals surface area contributed by atoms with E-state index in [4.69, 9.17) is 34.3 Å². The molecule has 16 nitrogen and oxygen atoms in total. The SMILES string of the molecule is CC[C@H]1OC(=O)[C@H](C)C(=O)[C@H](C)[C@@H](O[C@H]2O[C@H](C)C[C@H](N(C)C)[C@H]2O)[C@@]2(C)C[C@@H](C)[C@H](O)[C@H](C)C(OC/C(=N\OCc3csc(-c4cccc(N)n4)n3)CO2)[C@]1(C)O. The van der Waals surface area contributed by atoms with Crippen LogP contribution in [0.2, 0.25) is 0 Å². The predicted octanol–water partition coefficient (Wildman–Crippen LogP) is 3.60. The Hall–Kier alpha value is -3.13. The van der Waals surface area contributed by atoms with Gasteiger partial charge in [-0.15, -0.1) is 11.3 Å². The number of aliphatic hydroxyl groups excluding tert-OH is 2. The minimum atomic E-state index is -1.82. The van der Waals surface area contributed by atoms with Crippen molar-refractivity contribution in [3.8, 4) is 10.7 Å². The molecule has 14 atom stereocenters. The summed E-state index contributed by atoms with van der Waals surface area (Å²) in [6.07, 6.45) is -6.04. The van der Waals surface area contributed by atoms with Crippen molar-refractivity contribution in [2.45, 2.75) is 141 Å². The molecule has 0 saturated carbocycles. The number of likely N-dealkylation sites (N-methyl/N-ethyl adjacent to an activating group) is 1. The van der Waals surface area contributed by atoms with Gasteiger partial charge in [0.25, 0.3) is 0 Å². The molecule has 5 rings (SSSR count). The number of ether oxygens (including phenoxy) is 5. The maximum atomic E-state index is 14.4. The van der Waals surface area contributed by atoms with Crippen molar-refractivity contribution in [2.75, 3.05) is 33.0 Å². The Labute approximate surface area is 345 Å². The number of oxime groups is 1. The first-order chi connectivity index (χ1) is 27.3. The second-order valence-corrected chi connectivity index (χ2v) is 17.8. The standard InChI is InChI=1S/C41H63N5O11S/c1-11-30-41(8,51)36-23(4)32(47)21(2)16-40(7,53-18-26(17-52-36)45-54-19-27-20-58-37(43-27)28-13-12-14-31(42)44-28)35(24(5)33(48)25(6)38(50)56-30)57-39-34(49)29(46(9)10)15-22(3)55-39/h12-14,20-25,29-30,32,34-36,39,47,49,51H,11,15-19H2,1-10H3,(H2,42,44)/b45-26+/t21-,22-,23+,24+,25-,29+,30-,32+,34-,35-,36?,39-,40-,41-/m1/s1. The van der Waals surface area contributed by atoms with Crippen molar-refractivity contribution in [1.29, 1.82) is 0 Å². The van der Waals surface area contributed by atoms with Crippen LogP contribution >= 0.6 is 11.3 Å². The van der Waals surface area contributed by atoms with Crippen LogP contribution in [0.1, 0.15) is 80.3 Å². The fourth-order valence-corrected chi connectivity index (χ4v) is 9.41. The van der Waals surface area contributed by atoms with E-state index in [9.17, 15) is 24.9 Å². The Bertz CT molecular complexity index is 1740. The first kappa shape index (κ1) is 45.9. The Balaban J connectivity index is 1.57. The number of nitrogens with zero attached hydrogens (tertiary/aromatic N) is 4. The van der Waals surface area contributed by atoms with Gasteiger partial charge < -0.3 is 54.5 Å². The highest BCUT2D eigenvalue weighted by atomic mass is 32.1. The molecule has 2 aromatic rings. The van der Waals surface area contributed by atoms with Crippen LogP contribution in [0.25, 0.3) is 10.7 Å². The number of carbonyl (C=O) groups is 2. The number of ketones is 1. The van der Waals surface area contributed by atoms with Gasteiger partial charge >= 0.3 is 5.97 Å². The van der Waals surface area contributed by atoms with Crippen LogP contribution in [-0.4, -0.2) is 135 Å². The molecule has 17 heteroatoms. The molecule has 5 N–H and O–H groups in total. The van der Waals surface area contributed by atoms with Crippen molar-refractivity contribution < 1.29 is 53.4 Å². The summed E-state index contributed by atoms with van der Waals surface area (Å²) >= 11 is 1.38. The summed E-state index contributed by atoms with van der Waals surface area (Å²) in [6.45, 7) is 13.3. The quantitative estimate of drug-likeness (QED) is 0.170. The number of cyclic esters (lactones) is 1. The van der Waals surface area contributed by atoms with E-state index in [2.05, 4.69) is 15.1 Å². The molecule has 324 valence electrons. The van der Waals surface area contributed by atoms with Crippen molar-refractivity contribution >= 4 is 34.6 Å². The minimum Gasteiger partial charge on any atom is -0.459 e. The van der Waals surface area contributed by atoms with Gasteiger partial charge in [0.1, 0.15) is 46.0 Å². The third kappa shape index (κ3) is 10.2. The molecule has 1 unspecified atom stereocenters. The number of hydrogen-bond acceptors (Lipinski definition) is 17. The Morgan fingerprint density at radius 2 is 1.79 bits per heavy atom. The normalized spacial score (nSPS) is 39.1. The summed E-state index contributed by atoms with van der Waals surface area (Å²) in [7, 11) is 3.73. The number of aliphatic hydroxyl groups is 3. The summed E-state index contributed by atoms with van der Waals surface area (Å²) < 4.78 is 32.1. The van der Waals surface area contributed by atoms with Gasteiger partial charge in [-0.2, -0.15) is 0 Å². The number of nitrogen functional groups attached to an aromatic ring is 1. The molecular weight excluding hydrogens is 771 g/mol. The number of aromatic nitrogens is 2. The first-order valence-electron chi connectivity index (χ1n) is 20.2. The number of hydrogen-bond donors (Lipinski definition) is 4. The number of nitrogens with two attached hydrogens (primary N) is 1. The largest absolute Gasteiger partial charge is 0.459 e. The second kappa shape index (κ2) is 19.1. The summed E-state index contributed by atoms with van der Waals surface area (Å²) in [5.74, 6) is -4.41. The summed E-state index contributed by atoms with van der Waals surface area (Å²) in [4.78, 5) is 44.9. The van der Waals surface area contributed by atoms with Crippen molar-refractivity contribution in [2.24, 2.45) is 28.8 Å². The predicted molar refractivity (Wildman–Crippen MR) is 216 cm³/mol. The zero-order valence-electron chi connectivity index (χ0n) is 35.4. The highest BCUT2D eigenvalue weighted by Crippen LogP contribution is 2.41. The highest BCUT2D eigenvalue weighted by molar-refractivity contribution is 7.13. The Morgan fingerprint density at radius 3 is 2.47 bits per heavy atom. The number of thiazole rings is 1. The van der Waals surface area contributed by atoms with E-state index in [1.807, 2.05) is 44.3 Å². The highest BCUT2D eigenvalue weighted by Gasteiger charge is 2.53. The van der Waals surface area contributed by atoms with Crippen LogP contribution in [0.5, 0.6) is 0 Å². The van der Waals surface area contributed by atoms with Crippen molar-refractivity contribution in [3.05, 3.63) is 29.3 Å². The van der Waals surface area contributed by atoms with Crippen molar-refractivity contribution in [3.63, 3.8) is 0 Å². The monoisotopic (exact) mass is 833 g/mol. The average Bonchev–Trinajstić information content (AvgIpc) is 3.65. The van der Waals surface area contributed by atoms with E-state index < -0.39 is 83.4 Å². The van der Waals surface area contributed by atoms with E-state index in [0.29, 0.717) is 28.6 Å². The number of fused-ring (bicyclic) bond motifs is 5. The molecule has 58 heavy (non-hydrogen) atoms. The molecule has 0 spiro atoms. The van der Waals surface area contributed by atoms with Crippen LogP contribution in [0.15, 0.2) is 28.7 Å². The number of carbonyl (C=O) groups excluding carboxylic acids is 2. The average molecular weight is 834 g/mol. The van der Waals surface area contributed by atoms with Gasteiger partial charge in [-0.3, -0.25) is 9.59 Å². The molecule has 2 aromatic heterocycles. The topological polar surface area (TPSA) is 218 Å². The van der Waals surface area contributed by atoms with Gasteiger partial charge in [-0.25, -0.2) is 9.97 Å². The van der Waals surface area contributed by atoms with Gasteiger partial charge in [-0.1, -0.05) is 38.9 Å². The molecule has 0 amide bonds. The lowest BCUT2D eigenvalue weighted by Gasteiger charge is -2.48. The molecule has 3 fully saturated rings. The summed E-state index contributed by atoms with van der Waals surface area (Å²) in [5.41, 5.74) is 4.20. The molecule has 2 bridgehead atoms. The zero-order valence-corrected chi connectivity index (χ0v) is 36.2. The van der Waals surface area contributed by atoms with E-state index in [-0.39, 0.29) is 50.5 Å². The maximum absolute atomic E-state index is 14.4. The van der Waals surface area contributed by atoms with Gasteiger partial charge in [0.15, 0.2) is 18.7 Å². The molecule has 0 aliphatic carbocycles. The van der Waals surface area contributed by atoms with Crippen LogP contribution in [0.3, 0.4) is 0 Å². The van der Waals surface area contributed by atoms with E-state index in [0.717, 1.165) is 0 Å². The zero-order chi connectivity index (χ0) is 42.7. The van der Waals surface area contributed by atoms with Gasteiger partial charge in [0, 0.05) is 23.3 Å². The van der Waals surface area contributed by atoms with E-state index in [1.54, 1.807) is 39.8 Å². The van der Waals surface area contributed by atoms with Gasteiger partial charge in [0.05, 0.1) is 48.9 Å². The smallest absolute Gasteiger partial charge is 0.316 e. The molecule has 5 heterocycles. The fourth-order valence-electron chi connectivity index (χ4n) is 8.64. The lowest BCUT2D eigenvalue weighted by molar-refractivity contribution is -0.297. The maximum Gasteiger partial charge on any atom is 0.316 e. The fraction of sp³-hybridized carbons (Fsp3) is 0.732. The minimum absolute atomic E-state index is 0.00195. The number of anilines is 1. The molecule has 0 aromatic carbocycles. The third-order valence-electron chi connectivity index (χ3n) is 12.0. The Kier molecular flexibility index (Phi) is 15.1. The van der Waals surface area contributed by atoms with E-state index >= 15 is 0 Å². The summed E-state index contributed by atoms with van der Waals surface area (Å²) in [6, 6.07) is 5.01. The molecule has 0 radical (unpaired) electrons. The van der Waals surface area contributed by atoms with Gasteiger partial charge in [-0.05, 0) is 79.1 Å². The van der Waals surface area contributed by atoms with Crippen LogP contribution in [-0.2, 0) is 44.7 Å². The second-order valence-electron chi connectivity index (χ2n) is 17.0. The number of rotatable bonds is 8. The lowest BCUT2D eigenvalue weighted by atomic mass is 9.73. The molecule has 3 saturated heterocycles.